The summed E-state index contributed by atoms with van der Waals surface area (Å²) in [7, 11) is 0. The Balaban J connectivity index is 2.67. The second kappa shape index (κ2) is 12.9. The van der Waals surface area contributed by atoms with E-state index in [0.29, 0.717) is 12.8 Å². The van der Waals surface area contributed by atoms with Gasteiger partial charge in [-0.3, -0.25) is 9.59 Å². The highest BCUT2D eigenvalue weighted by atomic mass is 32.2. The van der Waals surface area contributed by atoms with Crippen LogP contribution in [0.5, 0.6) is 5.75 Å². The van der Waals surface area contributed by atoms with Gasteiger partial charge in [-0.1, -0.05) is 57.0 Å². The zero-order valence-electron chi connectivity index (χ0n) is 19.0. The van der Waals surface area contributed by atoms with E-state index in [1.165, 1.54) is 11.8 Å². The van der Waals surface area contributed by atoms with Crippen molar-refractivity contribution in [3.63, 3.8) is 0 Å². The standard InChI is InChI=1S/C24H39NO3S/c1-7-9-10-11-21(18(3)25-23(27)29-8-2)22(26)17-14-19-12-15-20(16-13-19)28-24(4,5)6/h12-13,15-16,18,21H,7-11,14,17H2,1-6H3,(H,25,27). The number of ether oxygens (including phenoxy) is 1. The van der Waals surface area contributed by atoms with E-state index >= 15 is 0 Å². The lowest BCUT2D eigenvalue weighted by Crippen LogP contribution is -2.40. The van der Waals surface area contributed by atoms with Crippen molar-refractivity contribution in [3.8, 4) is 5.75 Å². The summed E-state index contributed by atoms with van der Waals surface area (Å²) in [5, 5.41) is 2.96. The van der Waals surface area contributed by atoms with Crippen molar-refractivity contribution in [2.45, 2.75) is 91.7 Å². The number of thioether (sulfide) groups is 1. The van der Waals surface area contributed by atoms with Gasteiger partial charge in [0.1, 0.15) is 17.1 Å². The number of hydrogen-bond acceptors (Lipinski definition) is 4. The van der Waals surface area contributed by atoms with E-state index < -0.39 is 0 Å². The summed E-state index contributed by atoms with van der Waals surface area (Å²) >= 11 is 1.26. The fourth-order valence-electron chi connectivity index (χ4n) is 3.29. The summed E-state index contributed by atoms with van der Waals surface area (Å²) in [6.45, 7) is 12.1. The summed E-state index contributed by atoms with van der Waals surface area (Å²) in [5.74, 6) is 1.70. The lowest BCUT2D eigenvalue weighted by Gasteiger charge is -2.24. The Hall–Kier alpha value is -1.49. The predicted molar refractivity (Wildman–Crippen MR) is 124 cm³/mol. The van der Waals surface area contributed by atoms with Crippen LogP contribution in [-0.2, 0) is 11.2 Å². The molecule has 1 aromatic rings. The minimum Gasteiger partial charge on any atom is -0.488 e. The minimum atomic E-state index is -0.222. The first kappa shape index (κ1) is 25.5. The minimum absolute atomic E-state index is 0.0391. The normalized spacial score (nSPS) is 13.6. The van der Waals surface area contributed by atoms with Gasteiger partial charge in [0, 0.05) is 18.4 Å². The van der Waals surface area contributed by atoms with Gasteiger partial charge in [-0.15, -0.1) is 0 Å². The van der Waals surface area contributed by atoms with Gasteiger partial charge in [-0.05, 0) is 64.0 Å². The van der Waals surface area contributed by atoms with E-state index in [0.717, 1.165) is 42.7 Å². The molecule has 0 bridgehead atoms. The number of hydrogen-bond donors (Lipinski definition) is 1. The molecule has 0 spiro atoms. The van der Waals surface area contributed by atoms with Crippen LogP contribution < -0.4 is 10.1 Å². The van der Waals surface area contributed by atoms with Crippen molar-refractivity contribution in [3.05, 3.63) is 29.8 Å². The fraction of sp³-hybridized carbons (Fsp3) is 0.667. The molecule has 29 heavy (non-hydrogen) atoms. The van der Waals surface area contributed by atoms with Crippen molar-refractivity contribution in [2.75, 3.05) is 5.75 Å². The second-order valence-corrected chi connectivity index (χ2v) is 9.82. The Morgan fingerprint density at radius 2 is 1.76 bits per heavy atom. The van der Waals surface area contributed by atoms with Gasteiger partial charge in [-0.2, -0.15) is 0 Å². The van der Waals surface area contributed by atoms with Crippen LogP contribution in [0.15, 0.2) is 24.3 Å². The van der Waals surface area contributed by atoms with Crippen LogP contribution in [0.2, 0.25) is 0 Å². The smallest absolute Gasteiger partial charge is 0.279 e. The number of ketones is 1. The molecule has 1 aromatic carbocycles. The highest BCUT2D eigenvalue weighted by Gasteiger charge is 2.25. The van der Waals surface area contributed by atoms with E-state index in [9.17, 15) is 9.59 Å². The third-order valence-electron chi connectivity index (χ3n) is 4.76. The number of unbranched alkanes of at least 4 members (excludes halogenated alkanes) is 2. The van der Waals surface area contributed by atoms with Gasteiger partial charge in [-0.25, -0.2) is 0 Å². The van der Waals surface area contributed by atoms with Gasteiger partial charge >= 0.3 is 0 Å². The van der Waals surface area contributed by atoms with E-state index in [1.807, 2.05) is 58.9 Å². The fourth-order valence-corrected chi connectivity index (χ4v) is 3.83. The molecule has 0 aliphatic rings. The maximum Gasteiger partial charge on any atom is 0.279 e. The molecule has 1 N–H and O–H groups in total. The average Bonchev–Trinajstić information content (AvgIpc) is 2.63. The Morgan fingerprint density at radius 3 is 2.31 bits per heavy atom. The molecular formula is C24H39NO3S. The molecule has 0 saturated heterocycles. The lowest BCUT2D eigenvalue weighted by atomic mass is 9.87. The van der Waals surface area contributed by atoms with Crippen LogP contribution in [-0.4, -0.2) is 28.4 Å². The molecule has 5 heteroatoms. The van der Waals surface area contributed by atoms with Crippen molar-refractivity contribution in [2.24, 2.45) is 5.92 Å². The second-order valence-electron chi connectivity index (χ2n) is 8.58. The Labute approximate surface area is 181 Å². The number of aryl methyl sites for hydroxylation is 1. The molecule has 4 nitrogen and oxygen atoms in total. The number of carbonyl (C=O) groups is 2. The molecular weight excluding hydrogens is 382 g/mol. The monoisotopic (exact) mass is 421 g/mol. The number of amides is 1. The highest BCUT2D eigenvalue weighted by molar-refractivity contribution is 8.13. The van der Waals surface area contributed by atoms with Crippen LogP contribution in [0, 0.1) is 5.92 Å². The molecule has 1 amide bonds. The third-order valence-corrected chi connectivity index (χ3v) is 5.43. The maximum absolute atomic E-state index is 13.0. The molecule has 0 heterocycles. The van der Waals surface area contributed by atoms with Crippen LogP contribution >= 0.6 is 11.8 Å². The van der Waals surface area contributed by atoms with Crippen molar-refractivity contribution in [1.29, 1.82) is 0 Å². The van der Waals surface area contributed by atoms with E-state index in [-0.39, 0.29) is 28.6 Å². The quantitative estimate of drug-likeness (QED) is 0.396. The Bertz CT molecular complexity index is 622. The molecule has 0 aliphatic heterocycles. The van der Waals surface area contributed by atoms with Gasteiger partial charge in [0.2, 0.25) is 0 Å². The van der Waals surface area contributed by atoms with Gasteiger partial charge in [0.05, 0.1) is 0 Å². The van der Waals surface area contributed by atoms with Gasteiger partial charge in [0.25, 0.3) is 5.24 Å². The van der Waals surface area contributed by atoms with Crippen LogP contribution in [0.4, 0.5) is 4.79 Å². The predicted octanol–water partition coefficient (Wildman–Crippen LogP) is 6.41. The molecule has 0 fully saturated rings. The van der Waals surface area contributed by atoms with E-state index in [4.69, 9.17) is 4.74 Å². The summed E-state index contributed by atoms with van der Waals surface area (Å²) in [4.78, 5) is 24.9. The molecule has 0 aromatic heterocycles. The topological polar surface area (TPSA) is 55.4 Å². The largest absolute Gasteiger partial charge is 0.488 e. The first-order valence-electron chi connectivity index (χ1n) is 10.9. The highest BCUT2D eigenvalue weighted by Crippen LogP contribution is 2.22. The summed E-state index contributed by atoms with van der Waals surface area (Å²) < 4.78 is 5.85. The average molecular weight is 422 g/mol. The van der Waals surface area contributed by atoms with E-state index in [1.54, 1.807) is 0 Å². The number of rotatable bonds is 12. The van der Waals surface area contributed by atoms with Crippen molar-refractivity contribution < 1.29 is 14.3 Å². The van der Waals surface area contributed by atoms with Crippen LogP contribution in [0.1, 0.15) is 79.2 Å². The van der Waals surface area contributed by atoms with Crippen molar-refractivity contribution >= 4 is 22.8 Å². The van der Waals surface area contributed by atoms with E-state index in [2.05, 4.69) is 12.2 Å². The molecule has 0 saturated carbocycles. The molecule has 164 valence electrons. The Kier molecular flexibility index (Phi) is 11.4. The van der Waals surface area contributed by atoms with Gasteiger partial charge in [0.15, 0.2) is 0 Å². The molecule has 1 rings (SSSR count). The van der Waals surface area contributed by atoms with Crippen LogP contribution in [0.3, 0.4) is 0 Å². The maximum atomic E-state index is 13.0. The molecule has 2 unspecified atom stereocenters. The first-order valence-corrected chi connectivity index (χ1v) is 11.9. The number of benzene rings is 1. The first-order chi connectivity index (χ1) is 13.7. The van der Waals surface area contributed by atoms with Gasteiger partial charge < -0.3 is 10.1 Å². The summed E-state index contributed by atoms with van der Waals surface area (Å²) in [6.07, 6.45) is 5.30. The zero-order valence-corrected chi connectivity index (χ0v) is 19.9. The lowest BCUT2D eigenvalue weighted by molar-refractivity contribution is -0.123. The zero-order chi connectivity index (χ0) is 21.9. The SMILES string of the molecule is CCCCCC(C(=O)CCc1ccc(OC(C)(C)C)cc1)C(C)NC(=O)SCC. The summed E-state index contributed by atoms with van der Waals surface area (Å²) in [6, 6.07) is 7.87. The molecule has 0 aliphatic carbocycles. The molecule has 2 atom stereocenters. The number of carbonyl (C=O) groups excluding carboxylic acids is 2. The summed E-state index contributed by atoms with van der Waals surface area (Å²) in [5.41, 5.74) is 0.907. The Morgan fingerprint density at radius 1 is 1.10 bits per heavy atom. The number of Topliss-reactive ketones (excluding diaryl/α,β-unsaturated/α-hetero) is 1. The molecule has 0 radical (unpaired) electrons. The van der Waals surface area contributed by atoms with Crippen LogP contribution in [0.25, 0.3) is 0 Å². The number of nitrogens with one attached hydrogen (secondary N) is 1. The third kappa shape index (κ3) is 10.7. The van der Waals surface area contributed by atoms with Crippen molar-refractivity contribution in [1.82, 2.24) is 5.32 Å².